The average Bonchev–Trinajstić information content (AvgIpc) is 2.15. The van der Waals surface area contributed by atoms with Crippen LogP contribution in [0.5, 0.6) is 0 Å². The van der Waals surface area contributed by atoms with E-state index in [0.29, 0.717) is 0 Å². The van der Waals surface area contributed by atoms with Gasteiger partial charge in [-0.15, -0.1) is 0 Å². The Morgan fingerprint density at radius 1 is 1.62 bits per heavy atom. The quantitative estimate of drug-likeness (QED) is 0.451. The number of aromatic nitrogens is 1. The molecule has 2 rings (SSSR count). The highest BCUT2D eigenvalue weighted by Crippen LogP contribution is 2.01. The van der Waals surface area contributed by atoms with Crippen molar-refractivity contribution in [2.75, 3.05) is 0 Å². The fraction of sp³-hybridized carbons (Fsp3) is 0.167. The van der Waals surface area contributed by atoms with Crippen LogP contribution in [0.25, 0.3) is 0 Å². The van der Waals surface area contributed by atoms with Crippen molar-refractivity contribution in [3.63, 3.8) is 0 Å². The van der Waals surface area contributed by atoms with Crippen LogP contribution in [0.4, 0.5) is 5.82 Å². The van der Waals surface area contributed by atoms with Crippen LogP contribution >= 0.6 is 0 Å². The second kappa shape index (κ2) is 1.22. The summed E-state index contributed by atoms with van der Waals surface area (Å²) in [7, 11) is 0. The monoisotopic (exact) mass is 107 g/mol. The summed E-state index contributed by atoms with van der Waals surface area (Å²) in [6.45, 7) is 1.00. The molecule has 0 radical (unpaired) electrons. The Bertz CT molecular complexity index is 222. The van der Waals surface area contributed by atoms with Gasteiger partial charge in [0.05, 0.1) is 6.20 Å². The lowest BCUT2D eigenvalue weighted by molar-refractivity contribution is -0.347. The molecular formula is C6H7N2+. The van der Waals surface area contributed by atoms with Crippen LogP contribution in [-0.4, -0.2) is 10.8 Å². The summed E-state index contributed by atoms with van der Waals surface area (Å²) in [4.78, 5) is 3.12. The molecule has 0 amide bonds. The summed E-state index contributed by atoms with van der Waals surface area (Å²) >= 11 is 0. The van der Waals surface area contributed by atoms with E-state index in [9.17, 15) is 0 Å². The molecule has 0 aliphatic carbocycles. The first-order valence-corrected chi connectivity index (χ1v) is 2.70. The van der Waals surface area contributed by atoms with E-state index in [2.05, 4.69) is 21.8 Å². The smallest absolute Gasteiger partial charge is 0.247 e. The normalized spacial score (nSPS) is 14.5. The van der Waals surface area contributed by atoms with Crippen LogP contribution in [0, 0.1) is 0 Å². The molecule has 2 heterocycles. The summed E-state index contributed by atoms with van der Waals surface area (Å²) in [6, 6.07) is 4.10. The zero-order chi connectivity index (χ0) is 5.40. The fourth-order valence-electron chi connectivity index (χ4n) is 0.953. The number of fused-ring (bicyclic) bond motifs is 1. The SMILES string of the molecule is C1=[NH+]c2cccn2C1. The summed E-state index contributed by atoms with van der Waals surface area (Å²) in [5.74, 6) is 1.20. The van der Waals surface area contributed by atoms with E-state index >= 15 is 0 Å². The summed E-state index contributed by atoms with van der Waals surface area (Å²) in [6.07, 6.45) is 4.10. The minimum atomic E-state index is 1.00. The van der Waals surface area contributed by atoms with Gasteiger partial charge in [0.2, 0.25) is 0 Å². The van der Waals surface area contributed by atoms with Crippen molar-refractivity contribution < 1.29 is 4.99 Å². The molecule has 40 valence electrons. The van der Waals surface area contributed by atoms with Crippen LogP contribution in [0.2, 0.25) is 0 Å². The molecule has 1 N–H and O–H groups in total. The molecule has 8 heavy (non-hydrogen) atoms. The zero-order valence-corrected chi connectivity index (χ0v) is 4.46. The summed E-state index contributed by atoms with van der Waals surface area (Å²) < 4.78 is 2.15. The second-order valence-corrected chi connectivity index (χ2v) is 1.89. The predicted octanol–water partition coefficient (Wildman–Crippen LogP) is -0.715. The first-order valence-electron chi connectivity index (χ1n) is 2.70. The molecule has 1 aliphatic heterocycles. The Balaban J connectivity index is 2.67. The lowest BCUT2D eigenvalue weighted by Crippen LogP contribution is -2.59. The van der Waals surface area contributed by atoms with Gasteiger partial charge in [-0.25, -0.2) is 9.56 Å². The average molecular weight is 107 g/mol. The first-order chi connectivity index (χ1) is 3.97. The molecule has 0 aromatic carbocycles. The highest BCUT2D eigenvalue weighted by molar-refractivity contribution is 5.55. The van der Waals surface area contributed by atoms with Crippen molar-refractivity contribution in [3.05, 3.63) is 18.3 Å². The van der Waals surface area contributed by atoms with Crippen LogP contribution in [0.1, 0.15) is 0 Å². The minimum absolute atomic E-state index is 1.00. The third-order valence-corrected chi connectivity index (χ3v) is 1.37. The molecule has 0 saturated carbocycles. The molecule has 1 aliphatic rings. The molecule has 0 unspecified atom stereocenters. The van der Waals surface area contributed by atoms with Crippen LogP contribution in [-0.2, 0) is 6.54 Å². The van der Waals surface area contributed by atoms with E-state index in [-0.39, 0.29) is 0 Å². The summed E-state index contributed by atoms with van der Waals surface area (Å²) in [5.41, 5.74) is 0. The molecule has 0 fully saturated rings. The maximum atomic E-state index is 3.12. The van der Waals surface area contributed by atoms with Gasteiger partial charge in [-0.1, -0.05) is 0 Å². The van der Waals surface area contributed by atoms with Crippen molar-refractivity contribution in [1.29, 1.82) is 0 Å². The van der Waals surface area contributed by atoms with Crippen molar-refractivity contribution >= 4 is 12.0 Å². The second-order valence-electron chi connectivity index (χ2n) is 1.89. The van der Waals surface area contributed by atoms with Gasteiger partial charge in [0.25, 0.3) is 5.82 Å². The Hall–Kier alpha value is -1.05. The number of hydrogen-bond donors (Lipinski definition) is 1. The lowest BCUT2D eigenvalue weighted by Gasteiger charge is -1.78. The maximum absolute atomic E-state index is 3.12. The summed E-state index contributed by atoms with van der Waals surface area (Å²) in [5, 5.41) is 0. The molecule has 0 spiro atoms. The first kappa shape index (κ1) is 3.89. The molecule has 1 aromatic heterocycles. The molecule has 1 aromatic rings. The van der Waals surface area contributed by atoms with Gasteiger partial charge < -0.3 is 0 Å². The van der Waals surface area contributed by atoms with Crippen LogP contribution in [0.15, 0.2) is 18.3 Å². The maximum Gasteiger partial charge on any atom is 0.279 e. The van der Waals surface area contributed by atoms with Gasteiger partial charge in [-0.2, -0.15) is 0 Å². The minimum Gasteiger partial charge on any atom is -0.247 e. The topological polar surface area (TPSA) is 18.9 Å². The third kappa shape index (κ3) is 0.346. The Kier molecular flexibility index (Phi) is 0.592. The van der Waals surface area contributed by atoms with E-state index in [1.54, 1.807) is 0 Å². The Labute approximate surface area is 47.5 Å². The number of nitrogens with zero attached hydrogens (tertiary/aromatic N) is 1. The molecule has 0 bridgehead atoms. The molecule has 0 atom stereocenters. The highest BCUT2D eigenvalue weighted by Gasteiger charge is 2.08. The van der Waals surface area contributed by atoms with Crippen molar-refractivity contribution in [2.24, 2.45) is 0 Å². The van der Waals surface area contributed by atoms with Crippen molar-refractivity contribution in [1.82, 2.24) is 4.57 Å². The van der Waals surface area contributed by atoms with Gasteiger partial charge in [0.1, 0.15) is 12.8 Å². The largest absolute Gasteiger partial charge is 0.279 e. The Morgan fingerprint density at radius 2 is 2.62 bits per heavy atom. The van der Waals surface area contributed by atoms with Crippen LogP contribution < -0.4 is 4.99 Å². The standard InChI is InChI=1S/C6H6N2/c1-2-6-7-3-5-8(6)4-1/h1-4H,5H2/p+1. The number of nitrogens with one attached hydrogen (secondary N) is 1. The van der Waals surface area contributed by atoms with Gasteiger partial charge in [0, 0.05) is 6.07 Å². The van der Waals surface area contributed by atoms with Crippen molar-refractivity contribution in [2.45, 2.75) is 6.54 Å². The highest BCUT2D eigenvalue weighted by atomic mass is 15.1. The molecule has 2 heteroatoms. The van der Waals surface area contributed by atoms with E-state index in [1.165, 1.54) is 5.82 Å². The number of hydrogen-bond acceptors (Lipinski definition) is 0. The van der Waals surface area contributed by atoms with Gasteiger partial charge in [-0.05, 0) is 6.07 Å². The predicted molar refractivity (Wildman–Crippen MR) is 31.1 cm³/mol. The van der Waals surface area contributed by atoms with Gasteiger partial charge in [0.15, 0.2) is 0 Å². The van der Waals surface area contributed by atoms with E-state index in [1.807, 2.05) is 12.3 Å². The lowest BCUT2D eigenvalue weighted by atomic mass is 10.6. The zero-order valence-electron chi connectivity index (χ0n) is 4.46. The Morgan fingerprint density at radius 3 is 3.50 bits per heavy atom. The molecular weight excluding hydrogens is 100 g/mol. The van der Waals surface area contributed by atoms with E-state index in [0.717, 1.165) is 6.54 Å². The van der Waals surface area contributed by atoms with E-state index in [4.69, 9.17) is 0 Å². The number of rotatable bonds is 0. The molecule has 0 saturated heterocycles. The van der Waals surface area contributed by atoms with Gasteiger partial charge in [-0.3, -0.25) is 0 Å². The van der Waals surface area contributed by atoms with Crippen LogP contribution in [0.3, 0.4) is 0 Å². The van der Waals surface area contributed by atoms with Crippen molar-refractivity contribution in [3.8, 4) is 0 Å². The van der Waals surface area contributed by atoms with E-state index < -0.39 is 0 Å². The fourth-order valence-corrected chi connectivity index (χ4v) is 0.953. The third-order valence-electron chi connectivity index (χ3n) is 1.37. The van der Waals surface area contributed by atoms with Gasteiger partial charge >= 0.3 is 0 Å². The molecule has 2 nitrogen and oxygen atoms in total.